The zero-order valence-electron chi connectivity index (χ0n) is 13.4. The van der Waals surface area contributed by atoms with Crippen LogP contribution in [0.3, 0.4) is 0 Å². The molecule has 1 aliphatic heterocycles. The Morgan fingerprint density at radius 3 is 2.92 bits per heavy atom. The van der Waals surface area contributed by atoms with Gasteiger partial charge >= 0.3 is 0 Å². The summed E-state index contributed by atoms with van der Waals surface area (Å²) < 4.78 is 25.0. The molecule has 2 aromatic rings. The summed E-state index contributed by atoms with van der Waals surface area (Å²) >= 11 is 6.02. The monoisotopic (exact) mass is 349 g/mol. The van der Waals surface area contributed by atoms with Crippen molar-refractivity contribution >= 4 is 11.6 Å². The number of benzene rings is 2. The van der Waals surface area contributed by atoms with E-state index >= 15 is 0 Å². The lowest BCUT2D eigenvalue weighted by Crippen LogP contribution is -2.25. The third-order valence-electron chi connectivity index (χ3n) is 4.07. The van der Waals surface area contributed by atoms with Crippen LogP contribution in [0.5, 0.6) is 5.75 Å². The Labute approximate surface area is 146 Å². The van der Waals surface area contributed by atoms with E-state index in [1.807, 2.05) is 24.3 Å². The molecule has 1 saturated heterocycles. The van der Waals surface area contributed by atoms with Crippen LogP contribution in [-0.2, 0) is 17.9 Å². The predicted molar refractivity (Wildman–Crippen MR) is 92.9 cm³/mol. The third kappa shape index (κ3) is 4.69. The van der Waals surface area contributed by atoms with Gasteiger partial charge in [0.25, 0.3) is 0 Å². The van der Waals surface area contributed by atoms with Crippen molar-refractivity contribution in [2.45, 2.75) is 32.1 Å². The maximum atomic E-state index is 13.8. The molecule has 3 nitrogen and oxygen atoms in total. The van der Waals surface area contributed by atoms with Gasteiger partial charge in [-0.3, -0.25) is 0 Å². The lowest BCUT2D eigenvalue weighted by molar-refractivity contribution is 0.110. The van der Waals surface area contributed by atoms with Crippen molar-refractivity contribution in [3.05, 3.63) is 64.4 Å². The van der Waals surface area contributed by atoms with E-state index in [-0.39, 0.29) is 12.4 Å². The Kier molecular flexibility index (Phi) is 6.07. The van der Waals surface area contributed by atoms with Gasteiger partial charge in [0.15, 0.2) is 0 Å². The van der Waals surface area contributed by atoms with Crippen LogP contribution in [0.25, 0.3) is 0 Å². The van der Waals surface area contributed by atoms with Gasteiger partial charge < -0.3 is 14.8 Å². The van der Waals surface area contributed by atoms with Gasteiger partial charge in [0.1, 0.15) is 18.2 Å². The molecule has 1 heterocycles. The average Bonchev–Trinajstić information content (AvgIpc) is 3.08. The van der Waals surface area contributed by atoms with Crippen LogP contribution in [0.15, 0.2) is 42.5 Å². The highest BCUT2D eigenvalue weighted by Gasteiger charge is 2.14. The molecule has 24 heavy (non-hydrogen) atoms. The molecular formula is C19H21ClFNO2. The van der Waals surface area contributed by atoms with E-state index in [0.717, 1.165) is 38.1 Å². The molecule has 0 radical (unpaired) electrons. The molecular weight excluding hydrogens is 329 g/mol. The second-order valence-corrected chi connectivity index (χ2v) is 6.31. The molecule has 1 fully saturated rings. The number of halogens is 2. The van der Waals surface area contributed by atoms with E-state index in [1.165, 1.54) is 6.07 Å². The smallest absolute Gasteiger partial charge is 0.131 e. The fraction of sp³-hybridized carbons (Fsp3) is 0.368. The van der Waals surface area contributed by atoms with Crippen molar-refractivity contribution in [1.29, 1.82) is 0 Å². The first kappa shape index (κ1) is 17.2. The maximum Gasteiger partial charge on any atom is 0.131 e. The third-order valence-corrected chi connectivity index (χ3v) is 4.42. The van der Waals surface area contributed by atoms with Crippen molar-refractivity contribution in [3.63, 3.8) is 0 Å². The SMILES string of the molecule is Fc1cccc(Cl)c1COc1cccc(CNCC2CCCO2)c1. The number of hydrogen-bond acceptors (Lipinski definition) is 3. The summed E-state index contributed by atoms with van der Waals surface area (Å²) in [6, 6.07) is 12.4. The molecule has 1 atom stereocenters. The predicted octanol–water partition coefficient (Wildman–Crippen LogP) is 4.33. The Morgan fingerprint density at radius 2 is 2.12 bits per heavy atom. The van der Waals surface area contributed by atoms with Crippen LogP contribution in [0.4, 0.5) is 4.39 Å². The number of hydrogen-bond donors (Lipinski definition) is 1. The molecule has 1 N–H and O–H groups in total. The van der Waals surface area contributed by atoms with Gasteiger partial charge in [0.2, 0.25) is 0 Å². The largest absolute Gasteiger partial charge is 0.489 e. The highest BCUT2D eigenvalue weighted by molar-refractivity contribution is 6.31. The Bertz CT molecular complexity index is 654. The molecule has 0 bridgehead atoms. The van der Waals surface area contributed by atoms with Gasteiger partial charge in [-0.05, 0) is 42.7 Å². The highest BCUT2D eigenvalue weighted by atomic mass is 35.5. The van der Waals surface area contributed by atoms with Gasteiger partial charge in [0, 0.05) is 25.3 Å². The molecule has 2 aromatic carbocycles. The summed E-state index contributed by atoms with van der Waals surface area (Å²) in [6.45, 7) is 2.58. The number of ether oxygens (including phenoxy) is 2. The molecule has 1 aliphatic rings. The molecule has 128 valence electrons. The van der Waals surface area contributed by atoms with Crippen molar-refractivity contribution in [2.24, 2.45) is 0 Å². The van der Waals surface area contributed by atoms with Gasteiger partial charge in [-0.2, -0.15) is 0 Å². The molecule has 0 aromatic heterocycles. The number of rotatable bonds is 7. The molecule has 1 unspecified atom stereocenters. The molecule has 0 aliphatic carbocycles. The first-order chi connectivity index (χ1) is 11.7. The van der Waals surface area contributed by atoms with Crippen molar-refractivity contribution < 1.29 is 13.9 Å². The van der Waals surface area contributed by atoms with Crippen LogP contribution >= 0.6 is 11.6 Å². The van der Waals surface area contributed by atoms with E-state index in [9.17, 15) is 4.39 Å². The minimum Gasteiger partial charge on any atom is -0.489 e. The lowest BCUT2D eigenvalue weighted by atomic mass is 10.2. The second-order valence-electron chi connectivity index (χ2n) is 5.90. The normalized spacial score (nSPS) is 17.2. The van der Waals surface area contributed by atoms with Crippen LogP contribution in [0, 0.1) is 5.82 Å². The minimum atomic E-state index is -0.350. The van der Waals surface area contributed by atoms with Crippen molar-refractivity contribution in [3.8, 4) is 5.75 Å². The van der Waals surface area contributed by atoms with E-state index in [1.54, 1.807) is 12.1 Å². The fourth-order valence-corrected chi connectivity index (χ4v) is 2.97. The fourth-order valence-electron chi connectivity index (χ4n) is 2.75. The minimum absolute atomic E-state index is 0.109. The summed E-state index contributed by atoms with van der Waals surface area (Å²) in [5.41, 5.74) is 1.49. The second kappa shape index (κ2) is 8.47. The van der Waals surface area contributed by atoms with Crippen molar-refractivity contribution in [1.82, 2.24) is 5.32 Å². The van der Waals surface area contributed by atoms with E-state index in [0.29, 0.717) is 22.4 Å². The summed E-state index contributed by atoms with van der Waals surface area (Å²) in [5, 5.41) is 3.78. The quantitative estimate of drug-likeness (QED) is 0.807. The van der Waals surface area contributed by atoms with E-state index in [2.05, 4.69) is 5.32 Å². The first-order valence-corrected chi connectivity index (χ1v) is 8.57. The molecule has 0 saturated carbocycles. The molecule has 0 amide bonds. The van der Waals surface area contributed by atoms with Gasteiger partial charge in [-0.15, -0.1) is 0 Å². The zero-order valence-corrected chi connectivity index (χ0v) is 14.2. The first-order valence-electron chi connectivity index (χ1n) is 8.19. The van der Waals surface area contributed by atoms with E-state index in [4.69, 9.17) is 21.1 Å². The summed E-state index contributed by atoms with van der Waals surface area (Å²) in [6.07, 6.45) is 2.60. The van der Waals surface area contributed by atoms with Crippen molar-refractivity contribution in [2.75, 3.05) is 13.2 Å². The Hall–Kier alpha value is -1.62. The summed E-state index contributed by atoms with van der Waals surface area (Å²) in [5.74, 6) is 0.350. The van der Waals surface area contributed by atoms with Crippen LogP contribution in [0.1, 0.15) is 24.0 Å². The highest BCUT2D eigenvalue weighted by Crippen LogP contribution is 2.22. The van der Waals surface area contributed by atoms with Gasteiger partial charge in [-0.1, -0.05) is 29.8 Å². The topological polar surface area (TPSA) is 30.5 Å². The van der Waals surface area contributed by atoms with Crippen LogP contribution in [0.2, 0.25) is 5.02 Å². The standard InChI is InChI=1S/C19H21ClFNO2/c20-18-7-2-8-19(21)17(18)13-24-15-5-1-4-14(10-15)11-22-12-16-6-3-9-23-16/h1-2,4-5,7-8,10,16,22H,3,6,9,11-13H2. The average molecular weight is 350 g/mol. The molecule has 5 heteroatoms. The molecule has 3 rings (SSSR count). The zero-order chi connectivity index (χ0) is 16.8. The Morgan fingerprint density at radius 1 is 1.25 bits per heavy atom. The van der Waals surface area contributed by atoms with Gasteiger partial charge in [-0.25, -0.2) is 4.39 Å². The Balaban J connectivity index is 1.53. The van der Waals surface area contributed by atoms with Crippen LogP contribution in [-0.4, -0.2) is 19.3 Å². The van der Waals surface area contributed by atoms with Crippen LogP contribution < -0.4 is 10.1 Å². The van der Waals surface area contributed by atoms with E-state index < -0.39 is 0 Å². The van der Waals surface area contributed by atoms with Gasteiger partial charge in [0.05, 0.1) is 11.1 Å². The number of nitrogens with one attached hydrogen (secondary N) is 1. The lowest BCUT2D eigenvalue weighted by Gasteiger charge is -2.12. The summed E-state index contributed by atoms with van der Waals surface area (Å²) in [4.78, 5) is 0. The maximum absolute atomic E-state index is 13.8. The molecule has 0 spiro atoms. The summed E-state index contributed by atoms with van der Waals surface area (Å²) in [7, 11) is 0.